The zero-order valence-electron chi connectivity index (χ0n) is 9.46. The van der Waals surface area contributed by atoms with Crippen molar-refractivity contribution in [2.75, 3.05) is 13.6 Å². The van der Waals surface area contributed by atoms with Crippen molar-refractivity contribution in [1.82, 2.24) is 15.8 Å². The zero-order chi connectivity index (χ0) is 11.6. The molecule has 1 rings (SSSR count). The monoisotopic (exact) mass is 215 g/mol. The number of amides is 2. The van der Waals surface area contributed by atoms with Crippen LogP contribution in [-0.2, 0) is 9.53 Å². The highest BCUT2D eigenvalue weighted by Crippen LogP contribution is 2.10. The average Bonchev–Trinajstić information content (AvgIpc) is 2.08. The first-order valence-electron chi connectivity index (χ1n) is 4.82. The quantitative estimate of drug-likeness (QED) is 0.629. The summed E-state index contributed by atoms with van der Waals surface area (Å²) in [4.78, 5) is 22.6. The Hall–Kier alpha value is -1.30. The second kappa shape index (κ2) is 4.06. The summed E-state index contributed by atoms with van der Waals surface area (Å²) in [5, 5.41) is 3.91. The van der Waals surface area contributed by atoms with Crippen LogP contribution in [0.15, 0.2) is 0 Å². The summed E-state index contributed by atoms with van der Waals surface area (Å²) in [6.07, 6.45) is -0.559. The molecule has 0 saturated carbocycles. The van der Waals surface area contributed by atoms with Gasteiger partial charge in [0, 0.05) is 7.05 Å². The number of hydrogen-bond donors (Lipinski definition) is 2. The van der Waals surface area contributed by atoms with Crippen LogP contribution < -0.4 is 10.7 Å². The van der Waals surface area contributed by atoms with Crippen molar-refractivity contribution in [2.45, 2.75) is 32.4 Å². The standard InChI is InChI=1S/C9H17N3O3/c1-9(2,3)15-8(14)11-6-5-12(10-4)7(6)13/h6,10H,5H2,1-4H3,(H,11,14)/t6-/m0/s1. The molecule has 1 saturated heterocycles. The molecule has 1 fully saturated rings. The molecule has 6 nitrogen and oxygen atoms in total. The Bertz CT molecular complexity index is 272. The van der Waals surface area contributed by atoms with Gasteiger partial charge in [0.2, 0.25) is 0 Å². The van der Waals surface area contributed by atoms with E-state index >= 15 is 0 Å². The van der Waals surface area contributed by atoms with Crippen molar-refractivity contribution in [3.63, 3.8) is 0 Å². The van der Waals surface area contributed by atoms with Gasteiger partial charge in [0.1, 0.15) is 11.6 Å². The number of carbonyl (C=O) groups is 2. The first kappa shape index (κ1) is 11.8. The third kappa shape index (κ3) is 3.09. The smallest absolute Gasteiger partial charge is 0.408 e. The van der Waals surface area contributed by atoms with Crippen LogP contribution in [0.2, 0.25) is 0 Å². The minimum absolute atomic E-state index is 0.150. The number of nitrogens with zero attached hydrogens (tertiary/aromatic N) is 1. The molecule has 0 bridgehead atoms. The highest BCUT2D eigenvalue weighted by atomic mass is 16.6. The average molecular weight is 215 g/mol. The second-order valence-corrected chi connectivity index (χ2v) is 4.37. The van der Waals surface area contributed by atoms with Crippen LogP contribution in [-0.4, -0.2) is 42.2 Å². The van der Waals surface area contributed by atoms with E-state index in [0.29, 0.717) is 6.54 Å². The van der Waals surface area contributed by atoms with Crippen molar-refractivity contribution in [3.8, 4) is 0 Å². The number of rotatable bonds is 2. The van der Waals surface area contributed by atoms with E-state index in [9.17, 15) is 9.59 Å². The van der Waals surface area contributed by atoms with E-state index in [4.69, 9.17) is 4.74 Å². The maximum atomic E-state index is 11.3. The number of β-lactam (4-membered cyclic amide) rings is 1. The van der Waals surface area contributed by atoms with Gasteiger partial charge in [-0.05, 0) is 20.8 Å². The van der Waals surface area contributed by atoms with E-state index in [-0.39, 0.29) is 5.91 Å². The Morgan fingerprint density at radius 3 is 2.53 bits per heavy atom. The van der Waals surface area contributed by atoms with Crippen LogP contribution in [0.5, 0.6) is 0 Å². The summed E-state index contributed by atoms with van der Waals surface area (Å²) < 4.78 is 5.02. The maximum Gasteiger partial charge on any atom is 0.408 e. The second-order valence-electron chi connectivity index (χ2n) is 4.37. The fourth-order valence-electron chi connectivity index (χ4n) is 1.18. The number of ether oxygens (including phenoxy) is 1. The molecule has 6 heteroatoms. The van der Waals surface area contributed by atoms with E-state index in [0.717, 1.165) is 0 Å². The van der Waals surface area contributed by atoms with Gasteiger partial charge in [-0.2, -0.15) is 0 Å². The molecule has 86 valence electrons. The topological polar surface area (TPSA) is 70.7 Å². The molecule has 0 radical (unpaired) electrons. The molecule has 2 amide bonds. The van der Waals surface area contributed by atoms with Crippen molar-refractivity contribution in [2.24, 2.45) is 0 Å². The van der Waals surface area contributed by atoms with Crippen molar-refractivity contribution < 1.29 is 14.3 Å². The lowest BCUT2D eigenvalue weighted by atomic mass is 10.1. The molecule has 0 unspecified atom stereocenters. The Balaban J connectivity index is 2.32. The fraction of sp³-hybridized carbons (Fsp3) is 0.778. The van der Waals surface area contributed by atoms with Crippen molar-refractivity contribution >= 4 is 12.0 Å². The Kier molecular flexibility index (Phi) is 3.18. The van der Waals surface area contributed by atoms with Crippen LogP contribution in [0.1, 0.15) is 20.8 Å². The molecule has 1 atom stereocenters. The fourth-order valence-corrected chi connectivity index (χ4v) is 1.18. The number of hydrazine groups is 1. The molecule has 0 aromatic carbocycles. The molecular weight excluding hydrogens is 198 g/mol. The predicted molar refractivity (Wildman–Crippen MR) is 53.9 cm³/mol. The van der Waals surface area contributed by atoms with Gasteiger partial charge < -0.3 is 10.1 Å². The van der Waals surface area contributed by atoms with Gasteiger partial charge in [-0.1, -0.05) is 0 Å². The zero-order valence-corrected chi connectivity index (χ0v) is 9.46. The van der Waals surface area contributed by atoms with E-state index in [1.807, 2.05) is 0 Å². The van der Waals surface area contributed by atoms with Gasteiger partial charge >= 0.3 is 6.09 Å². The summed E-state index contributed by atoms with van der Waals surface area (Å²) in [5.41, 5.74) is 2.15. The van der Waals surface area contributed by atoms with E-state index < -0.39 is 17.7 Å². The van der Waals surface area contributed by atoms with Crippen LogP contribution in [0.3, 0.4) is 0 Å². The maximum absolute atomic E-state index is 11.3. The minimum Gasteiger partial charge on any atom is -0.444 e. The van der Waals surface area contributed by atoms with Gasteiger partial charge in [-0.3, -0.25) is 9.80 Å². The highest BCUT2D eigenvalue weighted by molar-refractivity contribution is 5.90. The minimum atomic E-state index is -0.559. The Labute approximate surface area is 88.9 Å². The van der Waals surface area contributed by atoms with Gasteiger partial charge in [-0.15, -0.1) is 0 Å². The predicted octanol–water partition coefficient (Wildman–Crippen LogP) is -0.144. The molecule has 0 aliphatic carbocycles. The highest BCUT2D eigenvalue weighted by Gasteiger charge is 2.38. The summed E-state index contributed by atoms with van der Waals surface area (Å²) in [6.45, 7) is 5.79. The largest absolute Gasteiger partial charge is 0.444 e. The molecule has 15 heavy (non-hydrogen) atoms. The lowest BCUT2D eigenvalue weighted by Crippen LogP contribution is -2.67. The molecule has 0 aromatic rings. The van der Waals surface area contributed by atoms with Crippen molar-refractivity contribution in [3.05, 3.63) is 0 Å². The molecule has 1 heterocycles. The van der Waals surface area contributed by atoms with Crippen LogP contribution in [0, 0.1) is 0 Å². The first-order chi connectivity index (χ1) is 6.83. The molecule has 0 spiro atoms. The number of carbonyl (C=O) groups excluding carboxylic acids is 2. The van der Waals surface area contributed by atoms with Crippen LogP contribution in [0.4, 0.5) is 4.79 Å². The Morgan fingerprint density at radius 2 is 2.13 bits per heavy atom. The van der Waals surface area contributed by atoms with Gasteiger partial charge in [-0.25, -0.2) is 10.2 Å². The Morgan fingerprint density at radius 1 is 1.53 bits per heavy atom. The lowest BCUT2D eigenvalue weighted by molar-refractivity contribution is -0.147. The number of hydrogen-bond acceptors (Lipinski definition) is 4. The summed E-state index contributed by atoms with van der Waals surface area (Å²) in [6, 6.07) is -0.465. The molecule has 1 aliphatic rings. The van der Waals surface area contributed by atoms with E-state index in [2.05, 4.69) is 10.7 Å². The summed E-state index contributed by atoms with van der Waals surface area (Å²) in [7, 11) is 1.65. The normalized spacial score (nSPS) is 20.9. The van der Waals surface area contributed by atoms with Crippen molar-refractivity contribution in [1.29, 1.82) is 0 Å². The molecule has 1 aliphatic heterocycles. The lowest BCUT2D eigenvalue weighted by Gasteiger charge is -2.37. The SMILES string of the molecule is CNN1C[C@H](NC(=O)OC(C)(C)C)C1=O. The van der Waals surface area contributed by atoms with Gasteiger partial charge in [0.15, 0.2) is 0 Å². The molecule has 0 aromatic heterocycles. The van der Waals surface area contributed by atoms with E-state index in [1.54, 1.807) is 27.8 Å². The first-order valence-corrected chi connectivity index (χ1v) is 4.82. The van der Waals surface area contributed by atoms with Crippen LogP contribution >= 0.6 is 0 Å². The number of nitrogens with one attached hydrogen (secondary N) is 2. The van der Waals surface area contributed by atoms with E-state index in [1.165, 1.54) is 5.01 Å². The van der Waals surface area contributed by atoms with Gasteiger partial charge in [0.05, 0.1) is 6.54 Å². The molecule has 2 N–H and O–H groups in total. The van der Waals surface area contributed by atoms with Gasteiger partial charge in [0.25, 0.3) is 5.91 Å². The summed E-state index contributed by atoms with van der Waals surface area (Å²) >= 11 is 0. The number of alkyl carbamates (subject to hydrolysis) is 1. The third-order valence-corrected chi connectivity index (χ3v) is 1.89. The molecular formula is C9H17N3O3. The summed E-state index contributed by atoms with van der Waals surface area (Å²) in [5.74, 6) is -0.150. The van der Waals surface area contributed by atoms with Crippen LogP contribution in [0.25, 0.3) is 0 Å². The third-order valence-electron chi connectivity index (χ3n) is 1.89.